The molecule has 0 atom stereocenters. The number of carbonyl (C=O) groups is 2. The van der Waals surface area contributed by atoms with Crippen molar-refractivity contribution < 1.29 is 32.2 Å². The summed E-state index contributed by atoms with van der Waals surface area (Å²) >= 11 is 0. The van der Waals surface area contributed by atoms with Gasteiger partial charge in [0.25, 0.3) is 5.91 Å². The second-order valence-electron chi connectivity index (χ2n) is 7.56. The molecular weight excluding hydrogens is 460 g/mol. The second kappa shape index (κ2) is 10.2. The van der Waals surface area contributed by atoms with Crippen LogP contribution in [0.5, 0.6) is 5.75 Å². The first-order valence-electron chi connectivity index (χ1n) is 10.6. The molecule has 0 bridgehead atoms. The quantitative estimate of drug-likeness (QED) is 0.513. The van der Waals surface area contributed by atoms with Crippen molar-refractivity contribution in [2.45, 2.75) is 4.90 Å². The number of benzene rings is 3. The standard InChI is InChI=1S/C24H24N2O7S/c1-31-22-15-18-5-3-2-4-17(18)14-21(22)24(28)33-16-23(27)25-19-6-8-20(9-7-19)34(29,30)26-10-12-32-13-11-26/h2-9,14-15H,10-13,16H2,1H3,(H,25,27). The fraction of sp³-hybridized carbons (Fsp3) is 0.250. The second-order valence-corrected chi connectivity index (χ2v) is 9.50. The van der Waals surface area contributed by atoms with E-state index in [1.54, 1.807) is 12.1 Å². The molecule has 1 aliphatic rings. The van der Waals surface area contributed by atoms with Crippen LogP contribution in [0.4, 0.5) is 5.69 Å². The number of esters is 1. The number of carbonyl (C=O) groups excluding carboxylic acids is 2. The Bertz CT molecular complexity index is 1300. The van der Waals surface area contributed by atoms with Crippen LogP contribution in [0.25, 0.3) is 10.8 Å². The molecule has 1 heterocycles. The topological polar surface area (TPSA) is 111 Å². The maximum Gasteiger partial charge on any atom is 0.342 e. The molecule has 9 nitrogen and oxygen atoms in total. The molecule has 1 aliphatic heterocycles. The van der Waals surface area contributed by atoms with Gasteiger partial charge in [-0.15, -0.1) is 0 Å². The highest BCUT2D eigenvalue weighted by molar-refractivity contribution is 7.89. The predicted molar refractivity (Wildman–Crippen MR) is 125 cm³/mol. The van der Waals surface area contributed by atoms with Gasteiger partial charge in [-0.1, -0.05) is 24.3 Å². The minimum atomic E-state index is -3.62. The van der Waals surface area contributed by atoms with Crippen LogP contribution in [-0.2, 0) is 24.3 Å². The van der Waals surface area contributed by atoms with Crippen LogP contribution in [0.1, 0.15) is 10.4 Å². The van der Waals surface area contributed by atoms with Gasteiger partial charge >= 0.3 is 5.97 Å². The van der Waals surface area contributed by atoms with Gasteiger partial charge in [-0.3, -0.25) is 4.79 Å². The van der Waals surface area contributed by atoms with Crippen LogP contribution in [0.2, 0.25) is 0 Å². The fourth-order valence-electron chi connectivity index (χ4n) is 3.60. The first-order chi connectivity index (χ1) is 16.4. The lowest BCUT2D eigenvalue weighted by molar-refractivity contribution is -0.119. The largest absolute Gasteiger partial charge is 0.496 e. The van der Waals surface area contributed by atoms with Crippen molar-refractivity contribution in [1.82, 2.24) is 4.31 Å². The Morgan fingerprint density at radius 3 is 2.29 bits per heavy atom. The van der Waals surface area contributed by atoms with Crippen molar-refractivity contribution in [2.75, 3.05) is 45.3 Å². The molecule has 10 heteroatoms. The van der Waals surface area contributed by atoms with Crippen molar-refractivity contribution in [3.05, 3.63) is 66.2 Å². The molecule has 34 heavy (non-hydrogen) atoms. The Morgan fingerprint density at radius 2 is 1.65 bits per heavy atom. The number of nitrogens with one attached hydrogen (secondary N) is 1. The molecule has 1 fully saturated rings. The lowest BCUT2D eigenvalue weighted by atomic mass is 10.1. The average molecular weight is 485 g/mol. The zero-order valence-electron chi connectivity index (χ0n) is 18.5. The third-order valence-electron chi connectivity index (χ3n) is 5.37. The number of morpholine rings is 1. The number of fused-ring (bicyclic) bond motifs is 1. The van der Waals surface area contributed by atoms with Crippen LogP contribution in [0.3, 0.4) is 0 Å². The molecule has 4 rings (SSSR count). The monoisotopic (exact) mass is 484 g/mol. The maximum absolute atomic E-state index is 12.7. The van der Waals surface area contributed by atoms with E-state index in [-0.39, 0.29) is 10.5 Å². The van der Waals surface area contributed by atoms with Crippen LogP contribution in [0.15, 0.2) is 65.6 Å². The maximum atomic E-state index is 12.7. The highest BCUT2D eigenvalue weighted by Gasteiger charge is 2.26. The summed E-state index contributed by atoms with van der Waals surface area (Å²) in [6.45, 7) is 0.805. The predicted octanol–water partition coefficient (Wildman–Crippen LogP) is 2.66. The summed E-state index contributed by atoms with van der Waals surface area (Å²) in [6.07, 6.45) is 0. The molecule has 0 aromatic heterocycles. The van der Waals surface area contributed by atoms with Gasteiger partial charge in [0.1, 0.15) is 11.3 Å². The Balaban J connectivity index is 1.37. The fourth-order valence-corrected chi connectivity index (χ4v) is 5.01. The first kappa shape index (κ1) is 23.7. The van der Waals surface area contributed by atoms with E-state index in [4.69, 9.17) is 14.2 Å². The van der Waals surface area contributed by atoms with Crippen molar-refractivity contribution in [2.24, 2.45) is 0 Å². The van der Waals surface area contributed by atoms with E-state index < -0.39 is 28.5 Å². The SMILES string of the molecule is COc1cc2ccccc2cc1C(=O)OCC(=O)Nc1ccc(S(=O)(=O)N2CCOCC2)cc1. The molecule has 178 valence electrons. The van der Waals surface area contributed by atoms with Crippen LogP contribution < -0.4 is 10.1 Å². The highest BCUT2D eigenvalue weighted by Crippen LogP contribution is 2.26. The zero-order valence-corrected chi connectivity index (χ0v) is 19.3. The summed E-state index contributed by atoms with van der Waals surface area (Å²) in [5, 5.41) is 4.34. The van der Waals surface area contributed by atoms with Gasteiger partial charge in [0, 0.05) is 18.8 Å². The van der Waals surface area contributed by atoms with Crippen LogP contribution >= 0.6 is 0 Å². The number of amides is 1. The number of ether oxygens (including phenoxy) is 3. The van der Waals surface area contributed by atoms with Crippen molar-refractivity contribution in [3.63, 3.8) is 0 Å². The van der Waals surface area contributed by atoms with Gasteiger partial charge in [-0.25, -0.2) is 13.2 Å². The van der Waals surface area contributed by atoms with Crippen LogP contribution in [0, 0.1) is 0 Å². The van der Waals surface area contributed by atoms with E-state index in [1.165, 1.54) is 35.7 Å². The number of sulfonamides is 1. The van der Waals surface area contributed by atoms with E-state index in [1.807, 2.05) is 24.3 Å². The van der Waals surface area contributed by atoms with Gasteiger partial charge in [-0.05, 0) is 47.2 Å². The normalized spacial score (nSPS) is 14.5. The molecule has 0 unspecified atom stereocenters. The Labute approximate surface area is 197 Å². The molecule has 1 N–H and O–H groups in total. The summed E-state index contributed by atoms with van der Waals surface area (Å²) in [5.41, 5.74) is 0.594. The summed E-state index contributed by atoms with van der Waals surface area (Å²) in [5.74, 6) is -0.900. The minimum absolute atomic E-state index is 0.127. The molecule has 0 spiro atoms. The first-order valence-corrected chi connectivity index (χ1v) is 12.0. The summed E-state index contributed by atoms with van der Waals surface area (Å²) in [4.78, 5) is 25.0. The van der Waals surface area contributed by atoms with Crippen molar-refractivity contribution in [3.8, 4) is 5.75 Å². The molecule has 0 radical (unpaired) electrons. The molecule has 1 saturated heterocycles. The van der Waals surface area contributed by atoms with Crippen molar-refractivity contribution >= 4 is 38.4 Å². The minimum Gasteiger partial charge on any atom is -0.496 e. The molecule has 0 aliphatic carbocycles. The zero-order chi connectivity index (χ0) is 24.1. The number of hydrogen-bond donors (Lipinski definition) is 1. The number of nitrogens with zero attached hydrogens (tertiary/aromatic N) is 1. The van der Waals surface area contributed by atoms with Crippen molar-refractivity contribution in [1.29, 1.82) is 0 Å². The van der Waals surface area contributed by atoms with Gasteiger partial charge in [0.15, 0.2) is 6.61 Å². The third-order valence-corrected chi connectivity index (χ3v) is 7.28. The summed E-state index contributed by atoms with van der Waals surface area (Å²) < 4.78 is 42.4. The van der Waals surface area contributed by atoms with E-state index >= 15 is 0 Å². The Hall–Kier alpha value is -3.47. The smallest absolute Gasteiger partial charge is 0.342 e. The molecule has 3 aromatic carbocycles. The van der Waals surface area contributed by atoms with E-state index in [2.05, 4.69) is 5.32 Å². The molecule has 3 aromatic rings. The van der Waals surface area contributed by atoms with Gasteiger partial charge in [-0.2, -0.15) is 4.31 Å². The Kier molecular flexibility index (Phi) is 7.11. The molecular formula is C24H24N2O7S. The lowest BCUT2D eigenvalue weighted by Crippen LogP contribution is -2.40. The third kappa shape index (κ3) is 5.19. The van der Waals surface area contributed by atoms with Gasteiger partial charge < -0.3 is 19.5 Å². The van der Waals surface area contributed by atoms with E-state index in [0.29, 0.717) is 37.7 Å². The van der Waals surface area contributed by atoms with Gasteiger partial charge in [0.05, 0.1) is 25.2 Å². The number of anilines is 1. The average Bonchev–Trinajstić information content (AvgIpc) is 2.87. The highest BCUT2D eigenvalue weighted by atomic mass is 32.2. The van der Waals surface area contributed by atoms with Gasteiger partial charge in [0.2, 0.25) is 10.0 Å². The summed E-state index contributed by atoms with van der Waals surface area (Å²) in [6, 6.07) is 16.7. The summed E-state index contributed by atoms with van der Waals surface area (Å²) in [7, 11) is -2.17. The van der Waals surface area contributed by atoms with E-state index in [9.17, 15) is 18.0 Å². The van der Waals surface area contributed by atoms with E-state index in [0.717, 1.165) is 10.8 Å². The number of methoxy groups -OCH3 is 1. The molecule has 0 saturated carbocycles. The number of hydrogen-bond acceptors (Lipinski definition) is 7. The Morgan fingerprint density at radius 1 is 1.00 bits per heavy atom. The lowest BCUT2D eigenvalue weighted by Gasteiger charge is -2.26. The molecule has 1 amide bonds. The van der Waals surface area contributed by atoms with Crippen LogP contribution in [-0.4, -0.2) is 64.6 Å². The number of rotatable bonds is 7.